The Morgan fingerprint density at radius 1 is 0.738 bits per heavy atom. The number of anilines is 2. The lowest BCUT2D eigenvalue weighted by Gasteiger charge is -2.15. The van der Waals surface area contributed by atoms with Gasteiger partial charge in [0.25, 0.3) is 5.91 Å². The average Bonchev–Trinajstić information content (AvgIpc) is 2.94. The fraction of sp³-hybridized carbons (Fsp3) is 0.219. The molecule has 10 heteroatoms. The minimum Gasteiger partial charge on any atom is -0.341 e. The summed E-state index contributed by atoms with van der Waals surface area (Å²) in [6.07, 6.45) is 5.28. The normalized spacial score (nSPS) is 10.9. The van der Waals surface area contributed by atoms with E-state index in [0.29, 0.717) is 44.9 Å². The number of carbonyl (C=O) groups is 3. The molecule has 0 radical (unpaired) electrons. The highest BCUT2D eigenvalue weighted by Crippen LogP contribution is 2.33. The first kappa shape index (κ1) is 29.9. The van der Waals surface area contributed by atoms with Crippen LogP contribution in [0.4, 0.5) is 11.4 Å². The van der Waals surface area contributed by atoms with Crippen LogP contribution in [0.1, 0.15) is 10.4 Å². The zero-order chi connectivity index (χ0) is 30.2. The zero-order valence-corrected chi connectivity index (χ0v) is 24.1. The number of nitrogens with zero attached hydrogens (tertiary/aromatic N) is 4. The highest BCUT2D eigenvalue weighted by molar-refractivity contribution is 5.99. The molecule has 3 N–H and O–H groups in total. The van der Waals surface area contributed by atoms with E-state index in [0.717, 1.165) is 5.56 Å². The van der Waals surface area contributed by atoms with Crippen LogP contribution < -0.4 is 16.0 Å². The maximum atomic E-state index is 12.6. The van der Waals surface area contributed by atoms with Gasteiger partial charge in [-0.3, -0.25) is 14.4 Å². The summed E-state index contributed by atoms with van der Waals surface area (Å²) in [6, 6.07) is 19.8. The predicted molar refractivity (Wildman–Crippen MR) is 166 cm³/mol. The van der Waals surface area contributed by atoms with E-state index in [4.69, 9.17) is 16.4 Å². The van der Waals surface area contributed by atoms with Gasteiger partial charge in [-0.2, -0.15) is 0 Å². The lowest BCUT2D eigenvalue weighted by molar-refractivity contribution is -0.117. The Morgan fingerprint density at radius 2 is 1.26 bits per heavy atom. The monoisotopic (exact) mass is 563 g/mol. The third-order valence-electron chi connectivity index (χ3n) is 6.04. The van der Waals surface area contributed by atoms with Gasteiger partial charge in [0.2, 0.25) is 11.8 Å². The number of hydrogen-bond acceptors (Lipinski definition) is 7. The molecule has 0 aliphatic heterocycles. The lowest BCUT2D eigenvalue weighted by atomic mass is 10.0. The first-order chi connectivity index (χ1) is 20.1. The number of aromatic nitrogens is 2. The molecule has 0 saturated carbocycles. The van der Waals surface area contributed by atoms with E-state index in [1.165, 1.54) is 0 Å². The Labute approximate surface area is 245 Å². The summed E-state index contributed by atoms with van der Waals surface area (Å²) >= 11 is 0. The van der Waals surface area contributed by atoms with Crippen LogP contribution in [0.2, 0.25) is 0 Å². The smallest absolute Gasteiger partial charge is 0.252 e. The summed E-state index contributed by atoms with van der Waals surface area (Å²) in [5, 5.41) is 8.51. The van der Waals surface area contributed by atoms with Crippen LogP contribution in [-0.4, -0.2) is 85.3 Å². The fourth-order valence-corrected chi connectivity index (χ4v) is 4.30. The van der Waals surface area contributed by atoms with Crippen molar-refractivity contribution in [3.63, 3.8) is 0 Å². The Morgan fingerprint density at radius 3 is 1.76 bits per heavy atom. The van der Waals surface area contributed by atoms with Crippen LogP contribution in [0.15, 0.2) is 66.7 Å². The lowest BCUT2D eigenvalue weighted by Crippen LogP contribution is -2.27. The molecule has 3 amide bonds. The van der Waals surface area contributed by atoms with Crippen LogP contribution >= 0.6 is 0 Å². The molecule has 1 heterocycles. The van der Waals surface area contributed by atoms with Gasteiger partial charge in [-0.05, 0) is 70.7 Å². The summed E-state index contributed by atoms with van der Waals surface area (Å²) in [6.45, 7) is 0.595. The van der Waals surface area contributed by atoms with Gasteiger partial charge in [0.05, 0.1) is 42.1 Å². The summed E-state index contributed by atoms with van der Waals surface area (Å²) in [5.41, 5.74) is 5.31. The van der Waals surface area contributed by atoms with Crippen molar-refractivity contribution in [2.45, 2.75) is 0 Å². The Bertz CT molecular complexity index is 1670. The third kappa shape index (κ3) is 7.75. The number of fused-ring (bicyclic) bond motifs is 1. The average molecular weight is 564 g/mol. The number of likely N-dealkylation sites (N-methyl/N-ethyl adjacent to an activating group) is 2. The molecule has 0 fully saturated rings. The summed E-state index contributed by atoms with van der Waals surface area (Å²) in [7, 11) is 7.30. The van der Waals surface area contributed by atoms with Crippen molar-refractivity contribution in [3.05, 3.63) is 72.3 Å². The van der Waals surface area contributed by atoms with Crippen molar-refractivity contribution >= 4 is 40.1 Å². The van der Waals surface area contributed by atoms with Gasteiger partial charge in [-0.15, -0.1) is 6.42 Å². The van der Waals surface area contributed by atoms with Crippen LogP contribution in [-0.2, 0) is 9.59 Å². The fourth-order valence-electron chi connectivity index (χ4n) is 4.30. The van der Waals surface area contributed by atoms with E-state index in [1.807, 2.05) is 70.7 Å². The largest absolute Gasteiger partial charge is 0.341 e. The van der Waals surface area contributed by atoms with E-state index in [2.05, 4.69) is 21.9 Å². The van der Waals surface area contributed by atoms with Gasteiger partial charge in [0.15, 0.2) is 0 Å². The molecule has 3 aromatic carbocycles. The number of amides is 3. The van der Waals surface area contributed by atoms with E-state index in [-0.39, 0.29) is 37.4 Å². The van der Waals surface area contributed by atoms with Gasteiger partial charge < -0.3 is 25.8 Å². The molecule has 0 saturated heterocycles. The molecule has 0 aliphatic rings. The molecule has 214 valence electrons. The second-order valence-electron chi connectivity index (χ2n) is 10.2. The second kappa shape index (κ2) is 13.5. The molecule has 10 nitrogen and oxygen atoms in total. The van der Waals surface area contributed by atoms with E-state index >= 15 is 0 Å². The number of nitrogens with one attached hydrogen (secondary N) is 3. The molecular weight excluding hydrogens is 530 g/mol. The number of rotatable bonds is 10. The zero-order valence-electron chi connectivity index (χ0n) is 24.1. The predicted octanol–water partition coefficient (Wildman–Crippen LogP) is 3.33. The molecule has 1 aromatic heterocycles. The number of carbonyl (C=O) groups excluding carboxylic acids is 3. The van der Waals surface area contributed by atoms with Crippen molar-refractivity contribution in [2.75, 3.05) is 58.5 Å². The maximum absolute atomic E-state index is 12.6. The van der Waals surface area contributed by atoms with Gasteiger partial charge in [-0.1, -0.05) is 30.2 Å². The molecule has 0 atom stereocenters. The van der Waals surface area contributed by atoms with Gasteiger partial charge in [0.1, 0.15) is 0 Å². The van der Waals surface area contributed by atoms with Gasteiger partial charge in [0, 0.05) is 28.1 Å². The first-order valence-electron chi connectivity index (χ1n) is 13.3. The minimum absolute atomic E-state index is 0.112. The van der Waals surface area contributed by atoms with Crippen LogP contribution in [0, 0.1) is 12.3 Å². The van der Waals surface area contributed by atoms with Crippen molar-refractivity contribution < 1.29 is 14.4 Å². The van der Waals surface area contributed by atoms with E-state index < -0.39 is 0 Å². The number of terminal acetylenes is 1. The number of benzene rings is 3. The first-order valence-corrected chi connectivity index (χ1v) is 13.3. The van der Waals surface area contributed by atoms with Crippen LogP contribution in [0.25, 0.3) is 33.5 Å². The topological polar surface area (TPSA) is 120 Å². The molecule has 4 aromatic rings. The highest BCUT2D eigenvalue weighted by Gasteiger charge is 2.17. The van der Waals surface area contributed by atoms with Crippen molar-refractivity contribution in [1.29, 1.82) is 0 Å². The summed E-state index contributed by atoms with van der Waals surface area (Å²) in [5.74, 6) is 1.80. The molecule has 0 unspecified atom stereocenters. The van der Waals surface area contributed by atoms with Crippen LogP contribution in [0.3, 0.4) is 0 Å². The van der Waals surface area contributed by atoms with Crippen molar-refractivity contribution in [2.24, 2.45) is 0 Å². The maximum Gasteiger partial charge on any atom is 0.252 e. The second-order valence-corrected chi connectivity index (χ2v) is 10.2. The van der Waals surface area contributed by atoms with Crippen molar-refractivity contribution in [3.8, 4) is 34.9 Å². The van der Waals surface area contributed by atoms with E-state index in [1.54, 1.807) is 34.1 Å². The molecular formula is C32H33N7O3. The Balaban J connectivity index is 1.82. The quantitative estimate of drug-likeness (QED) is 0.253. The van der Waals surface area contributed by atoms with Crippen LogP contribution in [0.5, 0.6) is 0 Å². The molecule has 0 spiro atoms. The van der Waals surface area contributed by atoms with Gasteiger partial charge in [-0.25, -0.2) is 9.97 Å². The standard InChI is InChI=1S/C32H33N7O3/c1-6-15-33-32(42)23-13-14-26-27(18-23)37-31(22-10-8-12-25(17-22)35-29(41)20-39(4)5)30(36-26)21-9-7-11-24(16-21)34-28(40)19-38(2)3/h1,7-14,16-18H,15,19-20H2,2-5H3,(H,33,42)(H,34,40)(H,35,41). The number of hydrogen-bond donors (Lipinski definition) is 3. The molecule has 42 heavy (non-hydrogen) atoms. The SMILES string of the molecule is C#CCNC(=O)c1ccc2nc(-c3cccc(NC(=O)CN(C)C)c3)c(-c3cccc(NC(=O)CN(C)C)c3)nc2c1. The highest BCUT2D eigenvalue weighted by atomic mass is 16.2. The van der Waals surface area contributed by atoms with E-state index in [9.17, 15) is 14.4 Å². The Hall–Kier alpha value is -5.11. The molecule has 4 rings (SSSR count). The van der Waals surface area contributed by atoms with Crippen molar-refractivity contribution in [1.82, 2.24) is 25.1 Å². The Kier molecular flexibility index (Phi) is 9.60. The van der Waals surface area contributed by atoms with Gasteiger partial charge >= 0.3 is 0 Å². The molecule has 0 aliphatic carbocycles. The minimum atomic E-state index is -0.311. The summed E-state index contributed by atoms with van der Waals surface area (Å²) < 4.78 is 0. The summed E-state index contributed by atoms with van der Waals surface area (Å²) in [4.78, 5) is 50.9. The molecule has 0 bridgehead atoms. The third-order valence-corrected chi connectivity index (χ3v) is 6.04.